The average molecular weight is 348 g/mol. The van der Waals surface area contributed by atoms with Gasteiger partial charge in [0.25, 0.3) is 0 Å². The van der Waals surface area contributed by atoms with Crippen LogP contribution in [-0.2, 0) is 10.0 Å². The third-order valence-electron chi connectivity index (χ3n) is 5.30. The molecule has 1 aliphatic heterocycles. The van der Waals surface area contributed by atoms with Crippen LogP contribution >= 0.6 is 0 Å². The molecule has 2 heterocycles. The minimum Gasteiger partial charge on any atom is -0.354 e. The number of pyridine rings is 1. The molecule has 2 atom stereocenters. The summed E-state index contributed by atoms with van der Waals surface area (Å²) in [4.78, 5) is 6.36. The van der Waals surface area contributed by atoms with E-state index in [0.29, 0.717) is 49.3 Å². The molecule has 24 heavy (non-hydrogen) atoms. The van der Waals surface area contributed by atoms with Crippen molar-refractivity contribution >= 4 is 15.8 Å². The van der Waals surface area contributed by atoms with Crippen molar-refractivity contribution in [3.63, 3.8) is 0 Å². The van der Waals surface area contributed by atoms with E-state index in [2.05, 4.69) is 22.9 Å². The first-order valence-corrected chi connectivity index (χ1v) is 10.2. The summed E-state index contributed by atoms with van der Waals surface area (Å²) >= 11 is 0. The molecule has 0 amide bonds. The smallest absolute Gasteiger partial charge is 0.214 e. The van der Waals surface area contributed by atoms with Crippen LogP contribution in [0.4, 0.5) is 5.82 Å². The summed E-state index contributed by atoms with van der Waals surface area (Å²) in [5.41, 5.74) is 0.533. The molecule has 0 spiro atoms. The van der Waals surface area contributed by atoms with E-state index in [4.69, 9.17) is 5.26 Å². The first-order valence-electron chi connectivity index (χ1n) is 8.58. The number of sulfonamides is 1. The number of nitriles is 1. The molecule has 0 unspecified atom stereocenters. The van der Waals surface area contributed by atoms with Crippen molar-refractivity contribution in [3.05, 3.63) is 23.9 Å². The highest BCUT2D eigenvalue weighted by molar-refractivity contribution is 7.89. The van der Waals surface area contributed by atoms with Gasteiger partial charge >= 0.3 is 0 Å². The zero-order valence-electron chi connectivity index (χ0n) is 14.1. The lowest BCUT2D eigenvalue weighted by molar-refractivity contribution is 0.371. The molecular weight excluding hydrogens is 324 g/mol. The molecule has 1 aromatic heterocycles. The van der Waals surface area contributed by atoms with Crippen molar-refractivity contribution in [3.8, 4) is 6.07 Å². The number of hydrogen-bond donors (Lipinski definition) is 0. The van der Waals surface area contributed by atoms with Gasteiger partial charge in [-0.05, 0) is 30.4 Å². The van der Waals surface area contributed by atoms with Crippen LogP contribution in [-0.4, -0.2) is 49.6 Å². The van der Waals surface area contributed by atoms with Gasteiger partial charge in [-0.3, -0.25) is 0 Å². The quantitative estimate of drug-likeness (QED) is 0.830. The molecule has 0 aromatic carbocycles. The van der Waals surface area contributed by atoms with Gasteiger partial charge in [0, 0.05) is 32.4 Å². The molecular formula is C17H24N4O2S. The van der Waals surface area contributed by atoms with Gasteiger partial charge in [0.05, 0.1) is 11.3 Å². The maximum Gasteiger partial charge on any atom is 0.214 e. The molecule has 1 aliphatic carbocycles. The predicted octanol–water partition coefficient (Wildman–Crippen LogP) is 1.84. The lowest BCUT2D eigenvalue weighted by atomic mass is 10.0. The van der Waals surface area contributed by atoms with Crippen LogP contribution in [0.25, 0.3) is 0 Å². The predicted molar refractivity (Wildman–Crippen MR) is 93.0 cm³/mol. The summed E-state index contributed by atoms with van der Waals surface area (Å²) in [5.74, 6) is 1.93. The van der Waals surface area contributed by atoms with Gasteiger partial charge in [0.15, 0.2) is 0 Å². The van der Waals surface area contributed by atoms with Gasteiger partial charge in [-0.25, -0.2) is 13.4 Å². The Hall–Kier alpha value is -1.65. The SMILES string of the molecule is C[C@@H]1CCC[C@H]1CS(=O)(=O)N1CCN(c2ccc(C#N)cn2)CC1. The molecule has 1 aromatic rings. The summed E-state index contributed by atoms with van der Waals surface area (Å²) in [7, 11) is -3.17. The molecule has 0 N–H and O–H groups in total. The van der Waals surface area contributed by atoms with E-state index in [0.717, 1.165) is 25.1 Å². The van der Waals surface area contributed by atoms with Gasteiger partial charge in [0.2, 0.25) is 10.0 Å². The monoisotopic (exact) mass is 348 g/mol. The maximum absolute atomic E-state index is 12.7. The van der Waals surface area contributed by atoms with Crippen LogP contribution < -0.4 is 4.90 Å². The van der Waals surface area contributed by atoms with E-state index in [1.165, 1.54) is 0 Å². The summed E-state index contributed by atoms with van der Waals surface area (Å²) < 4.78 is 27.0. The number of rotatable bonds is 4. The number of piperazine rings is 1. The van der Waals surface area contributed by atoms with Gasteiger partial charge in [-0.1, -0.05) is 19.8 Å². The molecule has 1 saturated carbocycles. The Kier molecular flexibility index (Phi) is 5.07. The minimum absolute atomic E-state index is 0.295. The lowest BCUT2D eigenvalue weighted by Crippen LogP contribution is -2.50. The largest absolute Gasteiger partial charge is 0.354 e. The zero-order chi connectivity index (χ0) is 17.2. The van der Waals surface area contributed by atoms with Crippen molar-refractivity contribution in [2.24, 2.45) is 11.8 Å². The van der Waals surface area contributed by atoms with E-state index in [1.54, 1.807) is 16.6 Å². The van der Waals surface area contributed by atoms with Gasteiger partial charge in [0.1, 0.15) is 11.9 Å². The number of nitrogens with zero attached hydrogens (tertiary/aromatic N) is 4. The summed E-state index contributed by atoms with van der Waals surface area (Å²) in [6.45, 7) is 4.45. The van der Waals surface area contributed by atoms with E-state index in [9.17, 15) is 8.42 Å². The Bertz CT molecular complexity index is 703. The third kappa shape index (κ3) is 3.70. The highest BCUT2D eigenvalue weighted by Gasteiger charge is 2.33. The minimum atomic E-state index is -3.17. The van der Waals surface area contributed by atoms with Crippen LogP contribution in [0.2, 0.25) is 0 Å². The van der Waals surface area contributed by atoms with Crippen LogP contribution in [0.3, 0.4) is 0 Å². The average Bonchev–Trinajstić information content (AvgIpc) is 2.99. The summed E-state index contributed by atoms with van der Waals surface area (Å²) in [6.07, 6.45) is 4.90. The molecule has 130 valence electrons. The normalized spacial score (nSPS) is 25.6. The molecule has 6 nitrogen and oxygen atoms in total. The van der Waals surface area contributed by atoms with Crippen molar-refractivity contribution in [1.82, 2.24) is 9.29 Å². The highest BCUT2D eigenvalue weighted by Crippen LogP contribution is 2.32. The molecule has 7 heteroatoms. The third-order valence-corrected chi connectivity index (χ3v) is 7.30. The highest BCUT2D eigenvalue weighted by atomic mass is 32.2. The van der Waals surface area contributed by atoms with Gasteiger partial charge < -0.3 is 4.90 Å². The fraction of sp³-hybridized carbons (Fsp3) is 0.647. The summed E-state index contributed by atoms with van der Waals surface area (Å²) in [5, 5.41) is 8.82. The lowest BCUT2D eigenvalue weighted by Gasteiger charge is -2.35. The number of anilines is 1. The van der Waals surface area contributed by atoms with Crippen LogP contribution in [0.1, 0.15) is 31.7 Å². The maximum atomic E-state index is 12.7. The van der Waals surface area contributed by atoms with E-state index in [-0.39, 0.29) is 0 Å². The van der Waals surface area contributed by atoms with Crippen molar-refractivity contribution in [2.45, 2.75) is 26.2 Å². The first-order chi connectivity index (χ1) is 11.5. The van der Waals surface area contributed by atoms with E-state index < -0.39 is 10.0 Å². The topological polar surface area (TPSA) is 77.3 Å². The van der Waals surface area contributed by atoms with Crippen LogP contribution in [0.5, 0.6) is 0 Å². The standard InChI is InChI=1S/C17H24N4O2S/c1-14-3-2-4-16(14)13-24(22,23)21-9-7-20(8-10-21)17-6-5-15(11-18)12-19-17/h5-6,12,14,16H,2-4,7-10,13H2,1H3/t14-,16+/m1/s1. The Labute approximate surface area is 144 Å². The Morgan fingerprint density at radius 3 is 2.54 bits per heavy atom. The van der Waals surface area contributed by atoms with E-state index >= 15 is 0 Å². The molecule has 3 rings (SSSR count). The van der Waals surface area contributed by atoms with E-state index in [1.807, 2.05) is 6.07 Å². The molecule has 2 fully saturated rings. The fourth-order valence-corrected chi connectivity index (χ4v) is 5.65. The Morgan fingerprint density at radius 2 is 2.00 bits per heavy atom. The molecule has 2 aliphatic rings. The second-order valence-electron chi connectivity index (χ2n) is 6.85. The van der Waals surface area contributed by atoms with Crippen molar-refractivity contribution in [1.29, 1.82) is 5.26 Å². The fourth-order valence-electron chi connectivity index (χ4n) is 3.68. The number of hydrogen-bond acceptors (Lipinski definition) is 5. The van der Waals surface area contributed by atoms with Crippen LogP contribution in [0, 0.1) is 23.2 Å². The first kappa shape index (κ1) is 17.2. The zero-order valence-corrected chi connectivity index (χ0v) is 14.9. The van der Waals surface area contributed by atoms with Crippen LogP contribution in [0.15, 0.2) is 18.3 Å². The molecule has 0 bridgehead atoms. The van der Waals surface area contributed by atoms with Crippen molar-refractivity contribution < 1.29 is 8.42 Å². The van der Waals surface area contributed by atoms with Gasteiger partial charge in [-0.15, -0.1) is 0 Å². The number of aromatic nitrogens is 1. The summed E-state index contributed by atoms with van der Waals surface area (Å²) in [6, 6.07) is 5.62. The molecule has 0 radical (unpaired) electrons. The van der Waals surface area contributed by atoms with Gasteiger partial charge in [-0.2, -0.15) is 9.57 Å². The Morgan fingerprint density at radius 1 is 1.25 bits per heavy atom. The Balaban J connectivity index is 1.58. The molecule has 1 saturated heterocycles. The van der Waals surface area contributed by atoms with Crippen molar-refractivity contribution in [2.75, 3.05) is 36.8 Å². The second-order valence-corrected chi connectivity index (χ2v) is 8.86. The second kappa shape index (κ2) is 7.08.